The second-order valence-electron chi connectivity index (χ2n) is 6.22. The van der Waals surface area contributed by atoms with Crippen LogP contribution < -0.4 is 5.32 Å². The highest BCUT2D eigenvalue weighted by Gasteiger charge is 2.37. The third-order valence-corrected chi connectivity index (χ3v) is 6.92. The Labute approximate surface area is 165 Å². The number of nitrogens with one attached hydrogen (secondary N) is 1. The van der Waals surface area contributed by atoms with Crippen LogP contribution in [0.1, 0.15) is 16.8 Å². The van der Waals surface area contributed by atoms with Crippen molar-refractivity contribution in [3.8, 4) is 0 Å². The SMILES string of the molecule is COC(=O)c1cc(Cl)ccc1S(=O)(=O)N1CCC(N2CCNCC2)C1.Cl. The van der Waals surface area contributed by atoms with E-state index in [1.165, 1.54) is 29.6 Å². The van der Waals surface area contributed by atoms with Gasteiger partial charge in [0.15, 0.2) is 0 Å². The average Bonchev–Trinajstić information content (AvgIpc) is 3.12. The van der Waals surface area contributed by atoms with Crippen LogP contribution in [0.15, 0.2) is 23.1 Å². The second-order valence-corrected chi connectivity index (χ2v) is 8.57. The summed E-state index contributed by atoms with van der Waals surface area (Å²) in [5.74, 6) is -0.709. The normalized spacial score (nSPS) is 22.0. The minimum atomic E-state index is -3.78. The lowest BCUT2D eigenvalue weighted by molar-refractivity contribution is 0.0596. The van der Waals surface area contributed by atoms with E-state index >= 15 is 0 Å². The highest BCUT2D eigenvalue weighted by molar-refractivity contribution is 7.89. The number of nitrogens with zero attached hydrogens (tertiary/aromatic N) is 2. The van der Waals surface area contributed by atoms with E-state index < -0.39 is 16.0 Å². The smallest absolute Gasteiger partial charge is 0.339 e. The number of halogens is 2. The maximum atomic E-state index is 13.1. The van der Waals surface area contributed by atoms with Gasteiger partial charge >= 0.3 is 5.97 Å². The number of carbonyl (C=O) groups excluding carboxylic acids is 1. The van der Waals surface area contributed by atoms with Crippen LogP contribution in [0, 0.1) is 0 Å². The molecule has 0 saturated carbocycles. The van der Waals surface area contributed by atoms with Crippen LogP contribution in [0.2, 0.25) is 5.02 Å². The van der Waals surface area contributed by atoms with Crippen LogP contribution in [0.5, 0.6) is 0 Å². The predicted octanol–water partition coefficient (Wildman–Crippen LogP) is 1.22. The minimum absolute atomic E-state index is 0. The molecule has 1 aromatic rings. The molecule has 2 saturated heterocycles. The van der Waals surface area contributed by atoms with Gasteiger partial charge in [-0.05, 0) is 24.6 Å². The van der Waals surface area contributed by atoms with Crippen LogP contribution in [-0.2, 0) is 14.8 Å². The molecule has 0 bridgehead atoms. The lowest BCUT2D eigenvalue weighted by Gasteiger charge is -2.32. The summed E-state index contributed by atoms with van der Waals surface area (Å²) in [4.78, 5) is 14.3. The van der Waals surface area contributed by atoms with E-state index in [0.717, 1.165) is 32.6 Å². The van der Waals surface area contributed by atoms with Crippen LogP contribution in [0.3, 0.4) is 0 Å². The van der Waals surface area contributed by atoms with Gasteiger partial charge in [-0.15, -0.1) is 12.4 Å². The van der Waals surface area contributed by atoms with Crippen molar-refractivity contribution in [1.29, 1.82) is 0 Å². The van der Waals surface area contributed by atoms with Gasteiger partial charge in [-0.25, -0.2) is 13.2 Å². The fourth-order valence-electron chi connectivity index (χ4n) is 3.41. The number of ether oxygens (including phenoxy) is 1. The molecule has 146 valence electrons. The number of carbonyl (C=O) groups is 1. The van der Waals surface area contributed by atoms with Crippen molar-refractivity contribution < 1.29 is 17.9 Å². The van der Waals surface area contributed by atoms with Gasteiger partial charge in [-0.2, -0.15) is 4.31 Å². The Kier molecular flexibility index (Phi) is 7.29. The summed E-state index contributed by atoms with van der Waals surface area (Å²) in [6.07, 6.45) is 0.792. The standard InChI is InChI=1S/C16H22ClN3O4S.ClH/c1-24-16(21)14-10-12(17)2-3-15(14)25(22,23)20-7-4-13(11-20)19-8-5-18-6-9-19;/h2-3,10,13,18H,4-9,11H2,1H3;1H. The van der Waals surface area contributed by atoms with Crippen molar-refractivity contribution in [2.75, 3.05) is 46.4 Å². The fraction of sp³-hybridized carbons (Fsp3) is 0.562. The van der Waals surface area contributed by atoms with Crippen molar-refractivity contribution in [3.05, 3.63) is 28.8 Å². The van der Waals surface area contributed by atoms with E-state index in [9.17, 15) is 13.2 Å². The maximum Gasteiger partial charge on any atom is 0.339 e. The largest absolute Gasteiger partial charge is 0.465 e. The van der Waals surface area contributed by atoms with Gasteiger partial charge in [-0.3, -0.25) is 4.90 Å². The molecule has 26 heavy (non-hydrogen) atoms. The summed E-state index contributed by atoms with van der Waals surface area (Å²) in [6, 6.07) is 4.41. The summed E-state index contributed by atoms with van der Waals surface area (Å²) in [5.41, 5.74) is -0.0272. The summed E-state index contributed by atoms with van der Waals surface area (Å²) < 4.78 is 32.3. The van der Waals surface area contributed by atoms with Crippen molar-refractivity contribution in [1.82, 2.24) is 14.5 Å². The first-order valence-electron chi connectivity index (χ1n) is 8.26. The topological polar surface area (TPSA) is 79.0 Å². The van der Waals surface area contributed by atoms with Crippen LogP contribution >= 0.6 is 24.0 Å². The van der Waals surface area contributed by atoms with Crippen molar-refractivity contribution in [3.63, 3.8) is 0 Å². The molecule has 1 aromatic carbocycles. The fourth-order valence-corrected chi connectivity index (χ4v) is 5.23. The zero-order valence-corrected chi connectivity index (χ0v) is 16.9. The molecule has 0 aromatic heterocycles. The lowest BCUT2D eigenvalue weighted by atomic mass is 10.2. The third-order valence-electron chi connectivity index (χ3n) is 4.76. The van der Waals surface area contributed by atoms with E-state index in [1.807, 2.05) is 0 Å². The number of esters is 1. The van der Waals surface area contributed by atoms with Gasteiger partial charge in [0.25, 0.3) is 0 Å². The van der Waals surface area contributed by atoms with Gasteiger partial charge in [0.2, 0.25) is 10.0 Å². The Hall–Kier alpha value is -0.900. The van der Waals surface area contributed by atoms with Gasteiger partial charge in [-0.1, -0.05) is 11.6 Å². The third kappa shape index (κ3) is 4.32. The highest BCUT2D eigenvalue weighted by atomic mass is 35.5. The molecule has 2 aliphatic heterocycles. The zero-order chi connectivity index (χ0) is 18.0. The molecule has 7 nitrogen and oxygen atoms in total. The van der Waals surface area contributed by atoms with E-state index in [0.29, 0.717) is 18.1 Å². The molecule has 1 atom stereocenters. The number of rotatable bonds is 4. The van der Waals surface area contributed by atoms with Crippen LogP contribution in [-0.4, -0.2) is 76.0 Å². The van der Waals surface area contributed by atoms with Crippen molar-refractivity contribution in [2.45, 2.75) is 17.4 Å². The quantitative estimate of drug-likeness (QED) is 0.733. The Bertz CT molecular complexity index is 754. The molecule has 1 unspecified atom stereocenters. The number of hydrogen-bond donors (Lipinski definition) is 1. The predicted molar refractivity (Wildman–Crippen MR) is 102 cm³/mol. The van der Waals surface area contributed by atoms with Crippen molar-refractivity contribution in [2.24, 2.45) is 0 Å². The summed E-state index contributed by atoms with van der Waals surface area (Å²) in [6.45, 7) is 4.57. The van der Waals surface area contributed by atoms with E-state index in [-0.39, 0.29) is 28.9 Å². The molecule has 0 aliphatic carbocycles. The molecular formula is C16H23Cl2N3O4S. The van der Waals surface area contributed by atoms with E-state index in [4.69, 9.17) is 16.3 Å². The first kappa shape index (κ1) is 21.4. The maximum absolute atomic E-state index is 13.1. The van der Waals surface area contributed by atoms with Gasteiger partial charge in [0, 0.05) is 50.3 Å². The number of benzene rings is 1. The molecule has 2 aliphatic rings. The molecule has 0 spiro atoms. The molecular weight excluding hydrogens is 401 g/mol. The molecule has 1 N–H and O–H groups in total. The van der Waals surface area contributed by atoms with E-state index in [2.05, 4.69) is 10.2 Å². The first-order chi connectivity index (χ1) is 11.9. The van der Waals surface area contributed by atoms with Gasteiger partial charge < -0.3 is 10.1 Å². The Balaban J connectivity index is 0.00000243. The summed E-state index contributed by atoms with van der Waals surface area (Å²) in [5, 5.41) is 3.59. The Morgan fingerprint density at radius 2 is 1.96 bits per heavy atom. The second kappa shape index (κ2) is 8.86. The van der Waals surface area contributed by atoms with Crippen LogP contribution in [0.25, 0.3) is 0 Å². The molecule has 10 heteroatoms. The van der Waals surface area contributed by atoms with Crippen LogP contribution in [0.4, 0.5) is 0 Å². The zero-order valence-electron chi connectivity index (χ0n) is 14.5. The average molecular weight is 424 g/mol. The number of methoxy groups -OCH3 is 1. The number of hydrogen-bond acceptors (Lipinski definition) is 6. The molecule has 0 amide bonds. The molecule has 3 rings (SSSR count). The van der Waals surface area contributed by atoms with Crippen molar-refractivity contribution >= 4 is 40.0 Å². The summed E-state index contributed by atoms with van der Waals surface area (Å²) >= 11 is 5.92. The Morgan fingerprint density at radius 3 is 2.62 bits per heavy atom. The molecule has 0 radical (unpaired) electrons. The molecule has 2 fully saturated rings. The monoisotopic (exact) mass is 423 g/mol. The Morgan fingerprint density at radius 1 is 1.27 bits per heavy atom. The highest BCUT2D eigenvalue weighted by Crippen LogP contribution is 2.28. The first-order valence-corrected chi connectivity index (χ1v) is 10.1. The van der Waals surface area contributed by atoms with Gasteiger partial charge in [0.05, 0.1) is 17.6 Å². The minimum Gasteiger partial charge on any atom is -0.465 e. The van der Waals surface area contributed by atoms with E-state index in [1.54, 1.807) is 0 Å². The number of sulfonamides is 1. The number of piperazine rings is 1. The summed E-state index contributed by atoms with van der Waals surface area (Å²) in [7, 11) is -2.56. The van der Waals surface area contributed by atoms with Gasteiger partial charge in [0.1, 0.15) is 0 Å². The lowest BCUT2D eigenvalue weighted by Crippen LogP contribution is -2.49. The molecule has 2 heterocycles.